The molecule has 2 aliphatic carbocycles. The summed E-state index contributed by atoms with van der Waals surface area (Å²) in [5.41, 5.74) is 0. The van der Waals surface area contributed by atoms with Crippen LogP contribution >= 0.6 is 0 Å². The molecule has 0 spiro atoms. The van der Waals surface area contributed by atoms with Crippen LogP contribution in [0.3, 0.4) is 0 Å². The first kappa shape index (κ1) is 8.88. The second-order valence-corrected chi connectivity index (χ2v) is 4.47. The summed E-state index contributed by atoms with van der Waals surface area (Å²) in [6, 6.07) is 0. The molecule has 2 aliphatic rings. The highest BCUT2D eigenvalue weighted by Gasteiger charge is 2.28. The van der Waals surface area contributed by atoms with Crippen molar-refractivity contribution in [1.29, 1.82) is 0 Å². The van der Waals surface area contributed by atoms with Gasteiger partial charge in [-0.3, -0.25) is 9.89 Å². The highest BCUT2D eigenvalue weighted by Crippen LogP contribution is 2.37. The average Bonchev–Trinajstić information content (AvgIpc) is 3.15. The molecule has 1 amide bonds. The van der Waals surface area contributed by atoms with Gasteiger partial charge in [0.2, 0.25) is 5.82 Å². The number of nitrogens with one attached hydrogen (secondary N) is 2. The average molecular weight is 206 g/mol. The third kappa shape index (κ3) is 2.00. The summed E-state index contributed by atoms with van der Waals surface area (Å²) >= 11 is 0. The maximum atomic E-state index is 11.6. The van der Waals surface area contributed by atoms with Gasteiger partial charge in [-0.05, 0) is 31.6 Å². The smallest absolute Gasteiger partial charge is 0.290 e. The highest BCUT2D eigenvalue weighted by atomic mass is 16.2. The van der Waals surface area contributed by atoms with Crippen molar-refractivity contribution in [1.82, 2.24) is 20.5 Å². The topological polar surface area (TPSA) is 70.7 Å². The third-order valence-electron chi connectivity index (χ3n) is 2.92. The van der Waals surface area contributed by atoms with E-state index >= 15 is 0 Å². The molecule has 0 aliphatic heterocycles. The number of nitrogens with zero attached hydrogens (tertiary/aromatic N) is 2. The van der Waals surface area contributed by atoms with Crippen LogP contribution in [0.25, 0.3) is 0 Å². The molecule has 2 N–H and O–H groups in total. The molecule has 0 bridgehead atoms. The fourth-order valence-electron chi connectivity index (χ4n) is 1.55. The maximum Gasteiger partial charge on any atom is 0.290 e. The summed E-state index contributed by atoms with van der Waals surface area (Å²) in [6.45, 7) is 0.770. The Hall–Kier alpha value is -1.39. The molecule has 1 heterocycles. The van der Waals surface area contributed by atoms with Gasteiger partial charge in [0, 0.05) is 12.5 Å². The summed E-state index contributed by atoms with van der Waals surface area (Å²) < 4.78 is 0. The van der Waals surface area contributed by atoms with Crippen LogP contribution in [0.15, 0.2) is 0 Å². The lowest BCUT2D eigenvalue weighted by atomic mass is 10.4. The van der Waals surface area contributed by atoms with Crippen LogP contribution < -0.4 is 5.32 Å². The SMILES string of the molecule is O=C(NCC1CC1)c1n[nH]c(C2CC2)n1. The van der Waals surface area contributed by atoms with E-state index in [9.17, 15) is 4.79 Å². The molecular formula is C10H14N4O. The van der Waals surface area contributed by atoms with Crippen molar-refractivity contribution in [3.63, 3.8) is 0 Å². The summed E-state index contributed by atoms with van der Waals surface area (Å²) in [4.78, 5) is 15.8. The Morgan fingerprint density at radius 2 is 2.20 bits per heavy atom. The van der Waals surface area contributed by atoms with Crippen LogP contribution in [0.2, 0.25) is 0 Å². The van der Waals surface area contributed by atoms with Gasteiger partial charge in [-0.2, -0.15) is 0 Å². The zero-order valence-electron chi connectivity index (χ0n) is 8.49. The molecule has 0 radical (unpaired) electrons. The molecule has 2 fully saturated rings. The van der Waals surface area contributed by atoms with E-state index < -0.39 is 0 Å². The first-order valence-electron chi connectivity index (χ1n) is 5.53. The lowest BCUT2D eigenvalue weighted by molar-refractivity contribution is 0.0942. The van der Waals surface area contributed by atoms with E-state index in [2.05, 4.69) is 20.5 Å². The van der Waals surface area contributed by atoms with Gasteiger partial charge >= 0.3 is 0 Å². The molecule has 5 heteroatoms. The number of carbonyl (C=O) groups excluding carboxylic acids is 1. The molecular weight excluding hydrogens is 192 g/mol. The Morgan fingerprint density at radius 3 is 2.87 bits per heavy atom. The van der Waals surface area contributed by atoms with Crippen molar-refractivity contribution < 1.29 is 4.79 Å². The van der Waals surface area contributed by atoms with Gasteiger partial charge in [-0.25, -0.2) is 4.98 Å². The number of carbonyl (C=O) groups is 1. The fraction of sp³-hybridized carbons (Fsp3) is 0.700. The van der Waals surface area contributed by atoms with Crippen LogP contribution in [0.1, 0.15) is 48.0 Å². The second kappa shape index (κ2) is 3.32. The minimum Gasteiger partial charge on any atom is -0.349 e. The zero-order chi connectivity index (χ0) is 10.3. The van der Waals surface area contributed by atoms with Gasteiger partial charge in [0.1, 0.15) is 5.82 Å². The summed E-state index contributed by atoms with van der Waals surface area (Å²) in [5.74, 6) is 2.22. The predicted molar refractivity (Wildman–Crippen MR) is 53.4 cm³/mol. The van der Waals surface area contributed by atoms with E-state index in [0.29, 0.717) is 11.8 Å². The van der Waals surface area contributed by atoms with Crippen LogP contribution in [0, 0.1) is 5.92 Å². The summed E-state index contributed by atoms with van der Waals surface area (Å²) in [7, 11) is 0. The molecule has 2 saturated carbocycles. The van der Waals surface area contributed by atoms with Gasteiger partial charge in [-0.15, -0.1) is 5.10 Å². The Bertz CT molecular complexity index is 379. The zero-order valence-corrected chi connectivity index (χ0v) is 8.49. The predicted octanol–water partition coefficient (Wildman–Crippen LogP) is 0.822. The van der Waals surface area contributed by atoms with E-state index in [0.717, 1.165) is 12.4 Å². The minimum atomic E-state index is -0.148. The molecule has 0 aromatic carbocycles. The number of rotatable bonds is 4. The van der Waals surface area contributed by atoms with Gasteiger partial charge in [-0.1, -0.05) is 0 Å². The minimum absolute atomic E-state index is 0.148. The van der Waals surface area contributed by atoms with Crippen molar-refractivity contribution in [2.24, 2.45) is 5.92 Å². The molecule has 15 heavy (non-hydrogen) atoms. The van der Waals surface area contributed by atoms with E-state index in [4.69, 9.17) is 0 Å². The van der Waals surface area contributed by atoms with Crippen molar-refractivity contribution >= 4 is 5.91 Å². The van der Waals surface area contributed by atoms with Crippen molar-refractivity contribution in [2.45, 2.75) is 31.6 Å². The number of H-pyrrole nitrogens is 1. The fourth-order valence-corrected chi connectivity index (χ4v) is 1.55. The van der Waals surface area contributed by atoms with Crippen LogP contribution in [0.4, 0.5) is 0 Å². The number of amides is 1. The largest absolute Gasteiger partial charge is 0.349 e. The van der Waals surface area contributed by atoms with Gasteiger partial charge < -0.3 is 5.32 Å². The van der Waals surface area contributed by atoms with E-state index in [-0.39, 0.29) is 11.7 Å². The molecule has 80 valence electrons. The van der Waals surface area contributed by atoms with E-state index in [1.54, 1.807) is 0 Å². The van der Waals surface area contributed by atoms with Gasteiger partial charge in [0.25, 0.3) is 5.91 Å². The summed E-state index contributed by atoms with van der Waals surface area (Å²) in [6.07, 6.45) is 4.81. The third-order valence-corrected chi connectivity index (χ3v) is 2.92. The molecule has 5 nitrogen and oxygen atoms in total. The molecule has 3 rings (SSSR count). The lowest BCUT2D eigenvalue weighted by Gasteiger charge is -1.98. The van der Waals surface area contributed by atoms with E-state index in [1.807, 2.05) is 0 Å². The van der Waals surface area contributed by atoms with E-state index in [1.165, 1.54) is 25.7 Å². The molecule has 0 saturated heterocycles. The maximum absolute atomic E-state index is 11.6. The Labute approximate surface area is 87.7 Å². The van der Waals surface area contributed by atoms with Crippen LogP contribution in [-0.2, 0) is 0 Å². The van der Waals surface area contributed by atoms with Gasteiger partial charge in [0.15, 0.2) is 0 Å². The number of aromatic nitrogens is 3. The molecule has 1 aromatic heterocycles. The first-order valence-corrected chi connectivity index (χ1v) is 5.53. The van der Waals surface area contributed by atoms with Crippen molar-refractivity contribution in [2.75, 3.05) is 6.54 Å². The number of hydrogen-bond donors (Lipinski definition) is 2. The first-order chi connectivity index (χ1) is 7.33. The lowest BCUT2D eigenvalue weighted by Crippen LogP contribution is -2.26. The number of aromatic amines is 1. The van der Waals surface area contributed by atoms with Gasteiger partial charge in [0.05, 0.1) is 0 Å². The summed E-state index contributed by atoms with van der Waals surface area (Å²) in [5, 5.41) is 9.61. The van der Waals surface area contributed by atoms with Crippen LogP contribution in [0.5, 0.6) is 0 Å². The normalized spacial score (nSPS) is 20.3. The number of hydrogen-bond acceptors (Lipinski definition) is 3. The highest BCUT2D eigenvalue weighted by molar-refractivity contribution is 5.90. The van der Waals surface area contributed by atoms with Crippen molar-refractivity contribution in [3.8, 4) is 0 Å². The molecule has 0 atom stereocenters. The van der Waals surface area contributed by atoms with Crippen LogP contribution in [-0.4, -0.2) is 27.6 Å². The standard InChI is InChI=1S/C10H14N4O/c15-10(11-5-6-1-2-6)9-12-8(13-14-9)7-3-4-7/h6-7H,1-5H2,(H,11,15)(H,12,13,14). The molecule has 0 unspecified atom stereocenters. The quantitative estimate of drug-likeness (QED) is 0.766. The monoisotopic (exact) mass is 206 g/mol. The molecule has 1 aromatic rings. The Balaban J connectivity index is 1.60. The second-order valence-electron chi connectivity index (χ2n) is 4.47. The Kier molecular flexibility index (Phi) is 1.97. The Morgan fingerprint density at radius 1 is 1.40 bits per heavy atom. The van der Waals surface area contributed by atoms with Crippen molar-refractivity contribution in [3.05, 3.63) is 11.6 Å².